The highest BCUT2D eigenvalue weighted by molar-refractivity contribution is 5.83. The first kappa shape index (κ1) is 16.6. The molecule has 2 aliphatic rings. The Labute approximate surface area is 148 Å². The maximum Gasteiger partial charge on any atom is 0.241 e. The zero-order valence-corrected chi connectivity index (χ0v) is 14.5. The number of H-pyrrole nitrogens is 1. The number of rotatable bonds is 4. The van der Waals surface area contributed by atoms with Crippen molar-refractivity contribution in [3.8, 4) is 0 Å². The van der Waals surface area contributed by atoms with Gasteiger partial charge < -0.3 is 19.9 Å². The molecule has 6 nitrogen and oxygen atoms in total. The van der Waals surface area contributed by atoms with E-state index in [1.165, 1.54) is 16.5 Å². The molecule has 2 fully saturated rings. The van der Waals surface area contributed by atoms with Crippen LogP contribution in [0.15, 0.2) is 30.5 Å². The van der Waals surface area contributed by atoms with Crippen molar-refractivity contribution in [1.82, 2.24) is 20.1 Å². The lowest BCUT2D eigenvalue weighted by molar-refractivity contribution is -0.138. The second-order valence-electron chi connectivity index (χ2n) is 6.85. The molecule has 0 aliphatic carbocycles. The van der Waals surface area contributed by atoms with Crippen molar-refractivity contribution in [2.45, 2.75) is 12.5 Å². The van der Waals surface area contributed by atoms with Crippen LogP contribution in [0.1, 0.15) is 5.56 Å². The molecule has 2 aromatic rings. The maximum absolute atomic E-state index is 12.7. The summed E-state index contributed by atoms with van der Waals surface area (Å²) < 4.78 is 5.35. The summed E-state index contributed by atoms with van der Waals surface area (Å²) in [5.74, 6) is 0.222. The first-order valence-corrected chi connectivity index (χ1v) is 9.18. The highest BCUT2D eigenvalue weighted by atomic mass is 16.5. The number of piperazine rings is 1. The third kappa shape index (κ3) is 3.71. The molecule has 6 heteroatoms. The van der Waals surface area contributed by atoms with Crippen LogP contribution in [0, 0.1) is 0 Å². The molecule has 0 saturated carbocycles. The number of hydrogen-bond acceptors (Lipinski definition) is 4. The normalized spacial score (nSPS) is 22.4. The van der Waals surface area contributed by atoms with E-state index < -0.39 is 0 Å². The number of ether oxygens (including phenoxy) is 1. The highest BCUT2D eigenvalue weighted by Gasteiger charge is 2.29. The molecule has 0 bridgehead atoms. The highest BCUT2D eigenvalue weighted by Crippen LogP contribution is 2.18. The second-order valence-corrected chi connectivity index (χ2v) is 6.85. The minimum atomic E-state index is -0.0881. The van der Waals surface area contributed by atoms with Crippen LogP contribution in [0.25, 0.3) is 10.9 Å². The molecular formula is C19H26N4O2. The van der Waals surface area contributed by atoms with Gasteiger partial charge in [0.25, 0.3) is 0 Å². The number of fused-ring (bicyclic) bond motifs is 1. The summed E-state index contributed by atoms with van der Waals surface area (Å²) >= 11 is 0. The molecule has 1 aromatic carbocycles. The van der Waals surface area contributed by atoms with Gasteiger partial charge in [-0.2, -0.15) is 0 Å². The first-order chi connectivity index (χ1) is 12.3. The number of amides is 1. The number of aromatic amines is 1. The minimum absolute atomic E-state index is 0.0881. The number of carbonyl (C=O) groups is 1. The Kier molecular flexibility index (Phi) is 5.01. The molecule has 25 heavy (non-hydrogen) atoms. The summed E-state index contributed by atoms with van der Waals surface area (Å²) in [5.41, 5.74) is 2.54. The lowest BCUT2D eigenvalue weighted by atomic mass is 10.1. The molecule has 1 aromatic heterocycles. The van der Waals surface area contributed by atoms with Gasteiger partial charge in [0, 0.05) is 56.4 Å². The quantitative estimate of drug-likeness (QED) is 0.865. The predicted octanol–water partition coefficient (Wildman–Crippen LogP) is 0.843. The monoisotopic (exact) mass is 342 g/mol. The molecule has 134 valence electrons. The largest absolute Gasteiger partial charge is 0.378 e. The number of carbonyl (C=O) groups excluding carboxylic acids is 1. The zero-order valence-electron chi connectivity index (χ0n) is 14.5. The van der Waals surface area contributed by atoms with Gasteiger partial charge in [0.05, 0.1) is 19.3 Å². The molecular weight excluding hydrogens is 316 g/mol. The Morgan fingerprint density at radius 1 is 1.20 bits per heavy atom. The maximum atomic E-state index is 12.7. The van der Waals surface area contributed by atoms with Gasteiger partial charge >= 0.3 is 0 Å². The number of nitrogens with one attached hydrogen (secondary N) is 2. The summed E-state index contributed by atoms with van der Waals surface area (Å²) in [7, 11) is 0. The van der Waals surface area contributed by atoms with Crippen LogP contribution in [0.3, 0.4) is 0 Å². The second kappa shape index (κ2) is 7.56. The molecule has 1 unspecified atom stereocenters. The van der Waals surface area contributed by atoms with Crippen molar-refractivity contribution in [2.75, 3.05) is 52.5 Å². The van der Waals surface area contributed by atoms with Crippen molar-refractivity contribution >= 4 is 16.8 Å². The van der Waals surface area contributed by atoms with E-state index in [9.17, 15) is 4.79 Å². The molecule has 2 N–H and O–H groups in total. The average molecular weight is 342 g/mol. The van der Waals surface area contributed by atoms with Gasteiger partial charge in [0.15, 0.2) is 0 Å². The molecule has 3 heterocycles. The predicted molar refractivity (Wildman–Crippen MR) is 97.6 cm³/mol. The van der Waals surface area contributed by atoms with E-state index in [2.05, 4.69) is 45.7 Å². The molecule has 1 atom stereocenters. The van der Waals surface area contributed by atoms with Gasteiger partial charge in [-0.25, -0.2) is 0 Å². The summed E-state index contributed by atoms with van der Waals surface area (Å²) in [6.07, 6.45) is 3.12. The summed E-state index contributed by atoms with van der Waals surface area (Å²) in [6, 6.07) is 8.34. The van der Waals surface area contributed by atoms with E-state index in [0.717, 1.165) is 32.6 Å². The van der Waals surface area contributed by atoms with Gasteiger partial charge in [0.1, 0.15) is 0 Å². The molecule has 0 radical (unpaired) electrons. The van der Waals surface area contributed by atoms with Crippen LogP contribution < -0.4 is 5.32 Å². The van der Waals surface area contributed by atoms with Gasteiger partial charge in [-0.05, 0) is 18.1 Å². The van der Waals surface area contributed by atoms with Gasteiger partial charge in [-0.3, -0.25) is 9.69 Å². The van der Waals surface area contributed by atoms with Crippen LogP contribution in [-0.4, -0.2) is 79.2 Å². The third-order valence-corrected chi connectivity index (χ3v) is 5.25. The van der Waals surface area contributed by atoms with E-state index in [0.29, 0.717) is 26.3 Å². The number of benzene rings is 1. The fraction of sp³-hybridized carbons (Fsp3) is 0.526. The van der Waals surface area contributed by atoms with Crippen molar-refractivity contribution in [3.05, 3.63) is 36.0 Å². The third-order valence-electron chi connectivity index (χ3n) is 5.25. The Morgan fingerprint density at radius 2 is 2.04 bits per heavy atom. The summed E-state index contributed by atoms with van der Waals surface area (Å²) in [5, 5.41) is 4.69. The van der Waals surface area contributed by atoms with Crippen molar-refractivity contribution in [1.29, 1.82) is 0 Å². The molecule has 1 amide bonds. The molecule has 2 saturated heterocycles. The van der Waals surface area contributed by atoms with E-state index in [-0.39, 0.29) is 11.9 Å². The Morgan fingerprint density at radius 3 is 2.92 bits per heavy atom. The Balaban J connectivity index is 1.34. The number of hydrogen-bond donors (Lipinski definition) is 2. The van der Waals surface area contributed by atoms with Crippen molar-refractivity contribution < 1.29 is 9.53 Å². The summed E-state index contributed by atoms with van der Waals surface area (Å²) in [4.78, 5) is 20.4. The minimum Gasteiger partial charge on any atom is -0.378 e. The Bertz CT molecular complexity index is 723. The van der Waals surface area contributed by atoms with Crippen LogP contribution >= 0.6 is 0 Å². The zero-order chi connectivity index (χ0) is 17.1. The molecule has 2 aliphatic heterocycles. The van der Waals surface area contributed by atoms with Crippen molar-refractivity contribution in [2.24, 2.45) is 0 Å². The van der Waals surface area contributed by atoms with Gasteiger partial charge in [-0.15, -0.1) is 0 Å². The van der Waals surface area contributed by atoms with Crippen molar-refractivity contribution in [3.63, 3.8) is 0 Å². The summed E-state index contributed by atoms with van der Waals surface area (Å²) in [6.45, 7) is 6.38. The fourth-order valence-electron chi connectivity index (χ4n) is 3.80. The van der Waals surface area contributed by atoms with E-state index in [1.54, 1.807) is 0 Å². The van der Waals surface area contributed by atoms with Crippen LogP contribution in [0.2, 0.25) is 0 Å². The lowest BCUT2D eigenvalue weighted by Gasteiger charge is -2.36. The lowest BCUT2D eigenvalue weighted by Crippen LogP contribution is -2.59. The standard InChI is InChI=1S/C19H26N4O2/c24-19(23-9-11-25-12-10-23)18-14-22(8-6-20-18)7-5-15-13-21-17-4-2-1-3-16(15)17/h1-4,13,18,20-21H,5-12,14H2. The first-order valence-electron chi connectivity index (χ1n) is 9.18. The number of aromatic nitrogens is 1. The molecule has 4 rings (SSSR count). The van der Waals surface area contributed by atoms with Gasteiger partial charge in [-0.1, -0.05) is 18.2 Å². The number of morpholine rings is 1. The average Bonchev–Trinajstić information content (AvgIpc) is 3.10. The number of para-hydroxylation sites is 1. The van der Waals surface area contributed by atoms with E-state index in [4.69, 9.17) is 4.74 Å². The van der Waals surface area contributed by atoms with Crippen LogP contribution in [0.5, 0.6) is 0 Å². The van der Waals surface area contributed by atoms with Crippen LogP contribution in [-0.2, 0) is 16.0 Å². The van der Waals surface area contributed by atoms with E-state index >= 15 is 0 Å². The van der Waals surface area contributed by atoms with Crippen LogP contribution in [0.4, 0.5) is 0 Å². The topological polar surface area (TPSA) is 60.6 Å². The SMILES string of the molecule is O=C(C1CN(CCc2c[nH]c3ccccc23)CCN1)N1CCOCC1. The fourth-order valence-corrected chi connectivity index (χ4v) is 3.80. The van der Waals surface area contributed by atoms with E-state index in [1.807, 2.05) is 4.90 Å². The Hall–Kier alpha value is -1.89. The number of nitrogens with zero attached hydrogens (tertiary/aromatic N) is 2. The van der Waals surface area contributed by atoms with Gasteiger partial charge in [0.2, 0.25) is 5.91 Å². The molecule has 0 spiro atoms. The smallest absolute Gasteiger partial charge is 0.241 e.